The van der Waals surface area contributed by atoms with Gasteiger partial charge >= 0.3 is 0 Å². The molecule has 2 aromatic heterocycles. The summed E-state index contributed by atoms with van der Waals surface area (Å²) in [5, 5.41) is 18.0. The molecule has 4 aromatic rings. The first-order chi connectivity index (χ1) is 14.1. The summed E-state index contributed by atoms with van der Waals surface area (Å²) in [7, 11) is 1.56. The summed E-state index contributed by atoms with van der Waals surface area (Å²) in [6, 6.07) is 17.0. The number of aromatic nitrogens is 4. The Hall–Kier alpha value is -3.43. The van der Waals surface area contributed by atoms with Crippen LogP contribution in [0.2, 0.25) is 0 Å². The summed E-state index contributed by atoms with van der Waals surface area (Å²) in [5.74, 6) is -0.407. The molecule has 2 heterocycles. The van der Waals surface area contributed by atoms with Crippen LogP contribution < -0.4 is 10.9 Å². The monoisotopic (exact) mass is 407 g/mol. The highest BCUT2D eigenvalue weighted by Gasteiger charge is 2.11. The molecule has 146 valence electrons. The molecule has 0 aliphatic rings. The quantitative estimate of drug-likeness (QED) is 0.528. The molecule has 0 saturated carbocycles. The predicted octanol–water partition coefficient (Wildman–Crippen LogP) is 2.70. The summed E-state index contributed by atoms with van der Waals surface area (Å²) in [4.78, 5) is 24.5. The van der Waals surface area contributed by atoms with Gasteiger partial charge in [-0.3, -0.25) is 14.9 Å². The van der Waals surface area contributed by atoms with Crippen LogP contribution in [0.4, 0.5) is 5.13 Å². The molecule has 4 rings (SSSR count). The zero-order valence-electron chi connectivity index (χ0n) is 15.5. The molecule has 0 radical (unpaired) electrons. The largest absolute Gasteiger partial charge is 0.377 e. The van der Waals surface area contributed by atoms with E-state index in [1.807, 2.05) is 42.5 Å². The number of rotatable bonds is 6. The van der Waals surface area contributed by atoms with Crippen LogP contribution in [0.25, 0.3) is 22.0 Å². The van der Waals surface area contributed by atoms with E-state index in [0.717, 1.165) is 21.0 Å². The van der Waals surface area contributed by atoms with Gasteiger partial charge in [0, 0.05) is 18.7 Å². The van der Waals surface area contributed by atoms with Crippen LogP contribution >= 0.6 is 11.3 Å². The van der Waals surface area contributed by atoms with Gasteiger partial charge in [0.25, 0.3) is 5.56 Å². The van der Waals surface area contributed by atoms with Gasteiger partial charge in [-0.1, -0.05) is 47.7 Å². The first-order valence-corrected chi connectivity index (χ1v) is 9.62. The second-order valence-electron chi connectivity index (χ2n) is 6.26. The van der Waals surface area contributed by atoms with E-state index in [0.29, 0.717) is 22.4 Å². The third-order valence-electron chi connectivity index (χ3n) is 4.19. The van der Waals surface area contributed by atoms with Crippen molar-refractivity contribution in [3.05, 3.63) is 70.0 Å². The maximum atomic E-state index is 12.3. The third-order valence-corrected chi connectivity index (χ3v) is 5.00. The summed E-state index contributed by atoms with van der Waals surface area (Å²) in [6.07, 6.45) is 0. The van der Waals surface area contributed by atoms with Crippen molar-refractivity contribution >= 4 is 33.1 Å². The highest BCUT2D eigenvalue weighted by Crippen LogP contribution is 2.22. The van der Waals surface area contributed by atoms with Crippen molar-refractivity contribution in [2.75, 3.05) is 12.4 Å². The highest BCUT2D eigenvalue weighted by molar-refractivity contribution is 7.15. The van der Waals surface area contributed by atoms with Crippen LogP contribution in [0.3, 0.4) is 0 Å². The Kier molecular flexibility index (Phi) is 5.41. The fourth-order valence-electron chi connectivity index (χ4n) is 2.85. The number of hydrogen-bond acceptors (Lipinski definition) is 7. The zero-order valence-corrected chi connectivity index (χ0v) is 16.3. The molecule has 1 amide bonds. The number of benzene rings is 2. The van der Waals surface area contributed by atoms with Crippen LogP contribution in [0, 0.1) is 0 Å². The normalized spacial score (nSPS) is 10.9. The molecule has 0 aliphatic heterocycles. The number of carbonyl (C=O) groups is 1. The lowest BCUT2D eigenvalue weighted by Crippen LogP contribution is -2.29. The topological polar surface area (TPSA) is 99.0 Å². The summed E-state index contributed by atoms with van der Waals surface area (Å²) in [6.45, 7) is 0.0990. The maximum absolute atomic E-state index is 12.3. The van der Waals surface area contributed by atoms with Crippen molar-refractivity contribution in [3.8, 4) is 11.3 Å². The highest BCUT2D eigenvalue weighted by atomic mass is 32.1. The van der Waals surface area contributed by atoms with Crippen molar-refractivity contribution in [1.29, 1.82) is 0 Å². The van der Waals surface area contributed by atoms with E-state index in [-0.39, 0.29) is 12.1 Å². The molecule has 0 aliphatic carbocycles. The number of ether oxygens (including phenoxy) is 1. The predicted molar refractivity (Wildman–Crippen MR) is 111 cm³/mol. The van der Waals surface area contributed by atoms with Gasteiger partial charge in [-0.2, -0.15) is 5.10 Å². The van der Waals surface area contributed by atoms with E-state index in [1.165, 1.54) is 17.4 Å². The molecular weight excluding hydrogens is 390 g/mol. The average molecular weight is 407 g/mol. The number of amides is 1. The van der Waals surface area contributed by atoms with Gasteiger partial charge in [0.1, 0.15) is 18.2 Å². The minimum absolute atomic E-state index is 0.223. The molecule has 1 N–H and O–H groups in total. The van der Waals surface area contributed by atoms with Crippen LogP contribution in [0.15, 0.2) is 59.4 Å². The van der Waals surface area contributed by atoms with E-state index in [9.17, 15) is 9.59 Å². The second-order valence-corrected chi connectivity index (χ2v) is 7.32. The lowest BCUT2D eigenvalue weighted by Gasteiger charge is -2.08. The Morgan fingerprint density at radius 2 is 1.93 bits per heavy atom. The Labute approximate surface area is 169 Å². The molecule has 8 nitrogen and oxygen atoms in total. The van der Waals surface area contributed by atoms with Crippen LogP contribution in [0.5, 0.6) is 0 Å². The SMILES string of the molecule is COCc1nnc(NC(=O)Cn2nc(-c3ccc4ccccc4c3)ccc2=O)s1. The molecular formula is C20H17N5O3S. The molecule has 0 atom stereocenters. The van der Waals surface area contributed by atoms with Crippen LogP contribution in [-0.2, 0) is 22.7 Å². The zero-order chi connectivity index (χ0) is 20.2. The molecule has 0 unspecified atom stereocenters. The van der Waals surface area contributed by atoms with Gasteiger partial charge < -0.3 is 4.74 Å². The number of carbonyl (C=O) groups excluding carboxylic acids is 1. The summed E-state index contributed by atoms with van der Waals surface area (Å²) < 4.78 is 6.12. The lowest BCUT2D eigenvalue weighted by atomic mass is 10.1. The Bertz CT molecular complexity index is 1230. The molecule has 0 spiro atoms. The van der Waals surface area contributed by atoms with E-state index in [2.05, 4.69) is 20.6 Å². The van der Waals surface area contributed by atoms with Gasteiger partial charge in [0.15, 0.2) is 0 Å². The van der Waals surface area contributed by atoms with Gasteiger partial charge in [0.2, 0.25) is 11.0 Å². The average Bonchev–Trinajstić information content (AvgIpc) is 3.16. The first-order valence-electron chi connectivity index (χ1n) is 8.81. The first kappa shape index (κ1) is 18.9. The second kappa shape index (κ2) is 8.29. The standard InChI is InChI=1S/C20H17N5O3S/c1-28-12-18-22-23-20(29-18)21-17(26)11-25-19(27)9-8-16(24-25)15-7-6-13-4-2-3-5-14(13)10-15/h2-10H,11-12H2,1H3,(H,21,23,26). The summed E-state index contributed by atoms with van der Waals surface area (Å²) >= 11 is 1.21. The maximum Gasteiger partial charge on any atom is 0.267 e. The van der Waals surface area contributed by atoms with E-state index >= 15 is 0 Å². The number of methoxy groups -OCH3 is 1. The van der Waals surface area contributed by atoms with Gasteiger partial charge in [-0.15, -0.1) is 10.2 Å². The minimum Gasteiger partial charge on any atom is -0.377 e. The minimum atomic E-state index is -0.407. The Morgan fingerprint density at radius 3 is 2.76 bits per heavy atom. The lowest BCUT2D eigenvalue weighted by molar-refractivity contribution is -0.117. The van der Waals surface area contributed by atoms with Crippen molar-refractivity contribution < 1.29 is 9.53 Å². The third kappa shape index (κ3) is 4.36. The number of hydrogen-bond donors (Lipinski definition) is 1. The van der Waals surface area contributed by atoms with Gasteiger partial charge in [0.05, 0.1) is 5.69 Å². The fraction of sp³-hybridized carbons (Fsp3) is 0.150. The van der Waals surface area contributed by atoms with Crippen molar-refractivity contribution in [2.45, 2.75) is 13.2 Å². The molecule has 9 heteroatoms. The van der Waals surface area contributed by atoms with Crippen LogP contribution in [0.1, 0.15) is 5.01 Å². The fourth-order valence-corrected chi connectivity index (χ4v) is 3.57. The summed E-state index contributed by atoms with van der Waals surface area (Å²) in [5.41, 5.74) is 1.12. The van der Waals surface area contributed by atoms with E-state index in [4.69, 9.17) is 4.74 Å². The molecule has 0 bridgehead atoms. The van der Waals surface area contributed by atoms with Crippen LogP contribution in [-0.4, -0.2) is 33.0 Å². The number of anilines is 1. The Morgan fingerprint density at radius 1 is 1.10 bits per heavy atom. The van der Waals surface area contributed by atoms with Gasteiger partial charge in [-0.05, 0) is 22.9 Å². The smallest absolute Gasteiger partial charge is 0.267 e. The van der Waals surface area contributed by atoms with Crippen molar-refractivity contribution in [1.82, 2.24) is 20.0 Å². The molecule has 29 heavy (non-hydrogen) atoms. The molecule has 0 saturated heterocycles. The number of nitrogens with zero attached hydrogens (tertiary/aromatic N) is 4. The molecule has 0 fully saturated rings. The van der Waals surface area contributed by atoms with Crippen molar-refractivity contribution in [2.24, 2.45) is 0 Å². The van der Waals surface area contributed by atoms with E-state index in [1.54, 1.807) is 13.2 Å². The number of nitrogens with one attached hydrogen (secondary N) is 1. The Balaban J connectivity index is 1.54. The number of fused-ring (bicyclic) bond motifs is 1. The van der Waals surface area contributed by atoms with E-state index < -0.39 is 5.91 Å². The molecule has 2 aromatic carbocycles. The van der Waals surface area contributed by atoms with Gasteiger partial charge in [-0.25, -0.2) is 4.68 Å². The van der Waals surface area contributed by atoms with Crippen molar-refractivity contribution in [3.63, 3.8) is 0 Å².